The first-order chi connectivity index (χ1) is 10.9. The number of piperazine rings is 1. The normalized spacial score (nSPS) is 16.5. The van der Waals surface area contributed by atoms with Crippen LogP contribution < -0.4 is 5.32 Å². The molecule has 1 aliphatic rings. The van der Waals surface area contributed by atoms with Crippen molar-refractivity contribution >= 4 is 5.91 Å². The fourth-order valence-electron chi connectivity index (χ4n) is 3.03. The third-order valence-corrected chi connectivity index (χ3v) is 4.43. The Morgan fingerprint density at radius 2 is 1.70 bits per heavy atom. The van der Waals surface area contributed by atoms with E-state index >= 15 is 0 Å². The summed E-state index contributed by atoms with van der Waals surface area (Å²) in [5.74, 6) is 0.341. The molecule has 1 amide bonds. The smallest absolute Gasteiger partial charge is 0.223 e. The minimum Gasteiger partial charge on any atom is -0.343 e. The van der Waals surface area contributed by atoms with Crippen molar-refractivity contribution in [3.63, 3.8) is 0 Å². The number of hydrogen-bond acceptors (Lipinski definition) is 3. The summed E-state index contributed by atoms with van der Waals surface area (Å²) in [6.07, 6.45) is 6.58. The molecule has 0 aromatic rings. The van der Waals surface area contributed by atoms with E-state index in [9.17, 15) is 4.79 Å². The van der Waals surface area contributed by atoms with Gasteiger partial charge in [-0.3, -0.25) is 4.79 Å². The van der Waals surface area contributed by atoms with E-state index in [-0.39, 0.29) is 5.41 Å². The van der Waals surface area contributed by atoms with Crippen molar-refractivity contribution in [3.05, 3.63) is 0 Å². The summed E-state index contributed by atoms with van der Waals surface area (Å²) in [7, 11) is 0. The number of nitrogens with zero attached hydrogens (tertiary/aromatic N) is 2. The van der Waals surface area contributed by atoms with Crippen molar-refractivity contribution in [3.8, 4) is 0 Å². The molecule has 1 rings (SSSR count). The first-order valence-corrected chi connectivity index (χ1v) is 9.63. The number of carbonyl (C=O) groups is 1. The first-order valence-electron chi connectivity index (χ1n) is 9.63. The molecule has 1 fully saturated rings. The van der Waals surface area contributed by atoms with Crippen LogP contribution in [-0.2, 0) is 4.79 Å². The van der Waals surface area contributed by atoms with Gasteiger partial charge < -0.3 is 15.1 Å². The van der Waals surface area contributed by atoms with Gasteiger partial charge in [0.1, 0.15) is 0 Å². The lowest BCUT2D eigenvalue weighted by molar-refractivity contribution is -0.133. The molecule has 1 saturated heterocycles. The predicted octanol–water partition coefficient (Wildman–Crippen LogP) is 3.13. The van der Waals surface area contributed by atoms with Gasteiger partial charge >= 0.3 is 0 Å². The highest BCUT2D eigenvalue weighted by Crippen LogP contribution is 2.20. The van der Waals surface area contributed by atoms with E-state index in [4.69, 9.17) is 0 Å². The van der Waals surface area contributed by atoms with Crippen LogP contribution in [0.25, 0.3) is 0 Å². The van der Waals surface area contributed by atoms with E-state index < -0.39 is 0 Å². The van der Waals surface area contributed by atoms with Gasteiger partial charge in [0.25, 0.3) is 0 Å². The minimum absolute atomic E-state index is 0.0871. The summed E-state index contributed by atoms with van der Waals surface area (Å²) in [6.45, 7) is 16.4. The lowest BCUT2D eigenvalue weighted by atomic mass is 9.91. The molecule has 136 valence electrons. The van der Waals surface area contributed by atoms with Gasteiger partial charge in [-0.15, -0.1) is 0 Å². The number of hydrogen-bond donors (Lipinski definition) is 1. The van der Waals surface area contributed by atoms with Crippen molar-refractivity contribution in [2.75, 3.05) is 45.8 Å². The topological polar surface area (TPSA) is 35.6 Å². The fraction of sp³-hybridized carbons (Fsp3) is 0.947. The maximum absolute atomic E-state index is 12.5. The van der Waals surface area contributed by atoms with Gasteiger partial charge in [-0.25, -0.2) is 0 Å². The summed E-state index contributed by atoms with van der Waals surface area (Å²) in [5.41, 5.74) is 0.0871. The highest BCUT2D eigenvalue weighted by atomic mass is 16.2. The highest BCUT2D eigenvalue weighted by molar-refractivity contribution is 5.76. The van der Waals surface area contributed by atoms with Crippen molar-refractivity contribution in [2.24, 2.45) is 5.41 Å². The summed E-state index contributed by atoms with van der Waals surface area (Å²) in [6, 6.07) is 0. The van der Waals surface area contributed by atoms with Crippen LogP contribution in [0.4, 0.5) is 0 Å². The molecule has 1 aliphatic heterocycles. The maximum atomic E-state index is 12.5. The molecule has 0 unspecified atom stereocenters. The van der Waals surface area contributed by atoms with Gasteiger partial charge in [0.2, 0.25) is 5.91 Å². The third kappa shape index (κ3) is 9.98. The van der Waals surface area contributed by atoms with Gasteiger partial charge in [-0.2, -0.15) is 0 Å². The van der Waals surface area contributed by atoms with E-state index in [2.05, 4.69) is 42.8 Å². The number of rotatable bonds is 10. The molecule has 0 aromatic heterocycles. The Balaban J connectivity index is 2.23. The van der Waals surface area contributed by atoms with E-state index in [1.807, 2.05) is 0 Å². The second kappa shape index (κ2) is 11.0. The Morgan fingerprint density at radius 3 is 2.30 bits per heavy atom. The average molecular weight is 326 g/mol. The van der Waals surface area contributed by atoms with Crippen LogP contribution in [0.2, 0.25) is 0 Å². The van der Waals surface area contributed by atoms with Gasteiger partial charge in [0.05, 0.1) is 0 Å². The molecule has 0 radical (unpaired) electrons. The van der Waals surface area contributed by atoms with Crippen LogP contribution in [0.5, 0.6) is 0 Å². The molecule has 0 aromatic carbocycles. The number of carbonyl (C=O) groups excluding carboxylic acids is 1. The minimum atomic E-state index is 0.0871. The number of unbranched alkanes of at least 4 members (excludes halogenated alkanes) is 3. The molecule has 0 saturated carbocycles. The molecular weight excluding hydrogens is 286 g/mol. The SMILES string of the molecule is CCCCN(CCCCCN1CCNCC1)C(=O)CC(C)(C)C. The molecule has 23 heavy (non-hydrogen) atoms. The van der Waals surface area contributed by atoms with E-state index in [1.165, 1.54) is 32.5 Å². The maximum Gasteiger partial charge on any atom is 0.223 e. The van der Waals surface area contributed by atoms with Crippen molar-refractivity contribution in [1.29, 1.82) is 0 Å². The molecule has 4 heteroatoms. The summed E-state index contributed by atoms with van der Waals surface area (Å²) >= 11 is 0. The molecule has 1 N–H and O–H groups in total. The molecule has 0 spiro atoms. The standard InChI is InChI=1S/C19H39N3O/c1-5-6-13-22(18(23)17-19(2,3)4)14-9-7-8-12-21-15-10-20-11-16-21/h20H,5-17H2,1-4H3. The first kappa shape index (κ1) is 20.4. The Labute approximate surface area is 144 Å². The Bertz CT molecular complexity index is 319. The number of amides is 1. The van der Waals surface area contributed by atoms with Crippen LogP contribution >= 0.6 is 0 Å². The molecule has 0 bridgehead atoms. The zero-order valence-electron chi connectivity index (χ0n) is 16.0. The lowest BCUT2D eigenvalue weighted by Crippen LogP contribution is -2.43. The van der Waals surface area contributed by atoms with Gasteiger partial charge in [0.15, 0.2) is 0 Å². The van der Waals surface area contributed by atoms with E-state index in [1.54, 1.807) is 0 Å². The van der Waals surface area contributed by atoms with Crippen LogP contribution in [0.1, 0.15) is 66.2 Å². The monoisotopic (exact) mass is 325 g/mol. The molecule has 0 atom stereocenters. The lowest BCUT2D eigenvalue weighted by Gasteiger charge is -2.28. The molecule has 0 aliphatic carbocycles. The van der Waals surface area contributed by atoms with Crippen molar-refractivity contribution < 1.29 is 4.79 Å². The second-order valence-corrected chi connectivity index (χ2v) is 8.12. The van der Waals surface area contributed by atoms with E-state index in [0.29, 0.717) is 12.3 Å². The van der Waals surface area contributed by atoms with E-state index in [0.717, 1.165) is 45.4 Å². The third-order valence-electron chi connectivity index (χ3n) is 4.43. The number of nitrogens with one attached hydrogen (secondary N) is 1. The Morgan fingerprint density at radius 1 is 1.04 bits per heavy atom. The molecular formula is C19H39N3O. The van der Waals surface area contributed by atoms with Gasteiger partial charge in [-0.1, -0.05) is 40.5 Å². The Hall–Kier alpha value is -0.610. The van der Waals surface area contributed by atoms with Crippen LogP contribution in [0.3, 0.4) is 0 Å². The summed E-state index contributed by atoms with van der Waals surface area (Å²) < 4.78 is 0. The summed E-state index contributed by atoms with van der Waals surface area (Å²) in [4.78, 5) is 17.1. The summed E-state index contributed by atoms with van der Waals surface area (Å²) in [5, 5.41) is 3.40. The van der Waals surface area contributed by atoms with Gasteiger partial charge in [0, 0.05) is 45.7 Å². The fourth-order valence-corrected chi connectivity index (χ4v) is 3.03. The largest absolute Gasteiger partial charge is 0.343 e. The van der Waals surface area contributed by atoms with Crippen LogP contribution in [-0.4, -0.2) is 61.5 Å². The van der Waals surface area contributed by atoms with Crippen LogP contribution in [0.15, 0.2) is 0 Å². The second-order valence-electron chi connectivity index (χ2n) is 8.12. The zero-order valence-corrected chi connectivity index (χ0v) is 16.0. The van der Waals surface area contributed by atoms with Crippen molar-refractivity contribution in [2.45, 2.75) is 66.2 Å². The molecule has 1 heterocycles. The Kier molecular flexibility index (Phi) is 9.80. The quantitative estimate of drug-likeness (QED) is 0.627. The molecule has 4 nitrogen and oxygen atoms in total. The predicted molar refractivity (Wildman–Crippen MR) is 98.7 cm³/mol. The average Bonchev–Trinajstić information content (AvgIpc) is 2.49. The van der Waals surface area contributed by atoms with Crippen molar-refractivity contribution in [1.82, 2.24) is 15.1 Å². The highest BCUT2D eigenvalue weighted by Gasteiger charge is 2.20. The van der Waals surface area contributed by atoms with Crippen LogP contribution in [0, 0.1) is 5.41 Å². The van der Waals surface area contributed by atoms with Gasteiger partial charge in [-0.05, 0) is 31.2 Å². The zero-order chi connectivity index (χ0) is 17.1.